The van der Waals surface area contributed by atoms with Gasteiger partial charge in [-0.2, -0.15) is 0 Å². The minimum atomic E-state index is -0.237. The summed E-state index contributed by atoms with van der Waals surface area (Å²) >= 11 is 6.39. The van der Waals surface area contributed by atoms with Gasteiger partial charge in [-0.3, -0.25) is 9.69 Å². The first-order valence-corrected chi connectivity index (χ1v) is 12.0. The van der Waals surface area contributed by atoms with E-state index in [1.807, 2.05) is 35.4 Å². The van der Waals surface area contributed by atoms with Crippen LogP contribution in [0.5, 0.6) is 0 Å². The number of H-pyrrole nitrogens is 1. The Kier molecular flexibility index (Phi) is 6.70. The van der Waals surface area contributed by atoms with Gasteiger partial charge in [-0.25, -0.2) is 9.37 Å². The summed E-state index contributed by atoms with van der Waals surface area (Å²) in [6.45, 7) is 2.30. The maximum absolute atomic E-state index is 13.2. The molecular formula is C27H25ClFN4O2+. The molecule has 1 aromatic heterocycles. The molecule has 1 N–H and O–H groups in total. The molecule has 5 rings (SSSR count). The average Bonchev–Trinajstić information content (AvgIpc) is 3.15. The van der Waals surface area contributed by atoms with Gasteiger partial charge in [-0.1, -0.05) is 23.7 Å². The van der Waals surface area contributed by atoms with E-state index in [1.54, 1.807) is 18.3 Å². The highest BCUT2D eigenvalue weighted by Gasteiger charge is 2.41. The van der Waals surface area contributed by atoms with Crippen molar-refractivity contribution in [1.29, 1.82) is 0 Å². The van der Waals surface area contributed by atoms with Crippen LogP contribution in [-0.4, -0.2) is 40.9 Å². The number of carbonyl (C=O) groups excluding carboxylic acids is 1. The van der Waals surface area contributed by atoms with Crippen molar-refractivity contribution >= 4 is 29.3 Å². The van der Waals surface area contributed by atoms with Gasteiger partial charge in [0.05, 0.1) is 5.02 Å². The van der Waals surface area contributed by atoms with Gasteiger partial charge in [0, 0.05) is 60.6 Å². The molecule has 2 atom stereocenters. The molecule has 2 aromatic carbocycles. The van der Waals surface area contributed by atoms with Crippen molar-refractivity contribution in [2.75, 3.05) is 13.1 Å². The highest BCUT2D eigenvalue weighted by molar-refractivity contribution is 6.33. The van der Waals surface area contributed by atoms with Crippen LogP contribution in [0.2, 0.25) is 5.02 Å². The number of hydrogen-bond donors (Lipinski definition) is 0. The number of aromatic nitrogens is 1. The second kappa shape index (κ2) is 10.1. The van der Waals surface area contributed by atoms with Crippen molar-refractivity contribution in [2.24, 2.45) is 5.18 Å². The Hall–Kier alpha value is -3.42. The Morgan fingerprint density at radius 1 is 1.14 bits per heavy atom. The quantitative estimate of drug-likeness (QED) is 0.349. The molecule has 35 heavy (non-hydrogen) atoms. The average molecular weight is 492 g/mol. The summed E-state index contributed by atoms with van der Waals surface area (Å²) in [5, 5.41) is 3.52. The highest BCUT2D eigenvalue weighted by atomic mass is 35.5. The molecule has 2 unspecified atom stereocenters. The van der Waals surface area contributed by atoms with Gasteiger partial charge in [-0.05, 0) is 60.0 Å². The zero-order valence-corrected chi connectivity index (χ0v) is 19.8. The Balaban J connectivity index is 1.31. The summed E-state index contributed by atoms with van der Waals surface area (Å²) < 4.78 is 13.2. The zero-order valence-electron chi connectivity index (χ0n) is 19.0. The number of likely N-dealkylation sites (tertiary alicyclic amines) is 1. The van der Waals surface area contributed by atoms with Gasteiger partial charge in [0.1, 0.15) is 11.5 Å². The topological polar surface area (TPSA) is 67.1 Å². The summed E-state index contributed by atoms with van der Waals surface area (Å²) in [5.41, 5.74) is 3.41. The standard InChI is InChI=1S/C27H24ClFN4O2/c28-25-13-26(31-35)19(12-24(25)20-2-1-11-30-14-20)5-10-27(34)33-22-8-9-23(33)17-32(16-22)15-18-3-6-21(29)7-4-18/h1-7,10-14,22-23H,8-9,15-17H2/p+1/b10-5+. The number of amides is 1. The maximum atomic E-state index is 13.2. The van der Waals surface area contributed by atoms with Crippen LogP contribution in [0.25, 0.3) is 17.2 Å². The van der Waals surface area contributed by atoms with Gasteiger partial charge in [0.25, 0.3) is 0 Å². The van der Waals surface area contributed by atoms with Gasteiger partial charge in [0.2, 0.25) is 5.91 Å². The number of benzene rings is 2. The molecule has 0 saturated carbocycles. The monoisotopic (exact) mass is 491 g/mol. The fraction of sp³-hybridized carbons (Fsp3) is 0.259. The number of halogens is 2. The second-order valence-corrected chi connectivity index (χ2v) is 9.47. The Bertz CT molecular complexity index is 1250. The molecule has 2 aliphatic heterocycles. The van der Waals surface area contributed by atoms with Crippen molar-refractivity contribution in [3.8, 4) is 11.1 Å². The molecular weight excluding hydrogens is 467 g/mol. The lowest BCUT2D eigenvalue weighted by molar-refractivity contribution is -0.377. The molecule has 2 saturated heterocycles. The molecule has 2 fully saturated rings. The second-order valence-electron chi connectivity index (χ2n) is 9.06. The summed E-state index contributed by atoms with van der Waals surface area (Å²) in [6.07, 6.45) is 8.71. The Labute approximate surface area is 208 Å². The predicted octanol–water partition coefficient (Wildman–Crippen LogP) is 5.25. The van der Waals surface area contributed by atoms with E-state index in [9.17, 15) is 14.1 Å². The van der Waals surface area contributed by atoms with Crippen molar-refractivity contribution in [1.82, 2.24) is 9.80 Å². The van der Waals surface area contributed by atoms with Crippen LogP contribution in [0.1, 0.15) is 24.0 Å². The SMILES string of the molecule is O=Nc1cc(Cl)c(-c2ccc[nH+]c2)cc1/C=C/C(=O)N1C2CCC1CN(Cc1ccc(F)cc1)C2. The number of rotatable bonds is 6. The van der Waals surface area contributed by atoms with E-state index in [0.717, 1.165) is 49.2 Å². The van der Waals surface area contributed by atoms with Crippen LogP contribution >= 0.6 is 11.6 Å². The summed E-state index contributed by atoms with van der Waals surface area (Å²) in [5.74, 6) is -0.306. The maximum Gasteiger partial charge on any atom is 0.247 e. The van der Waals surface area contributed by atoms with Crippen molar-refractivity contribution in [2.45, 2.75) is 31.5 Å². The van der Waals surface area contributed by atoms with E-state index in [-0.39, 0.29) is 29.5 Å². The molecule has 0 radical (unpaired) electrons. The third kappa shape index (κ3) is 5.01. The van der Waals surface area contributed by atoms with E-state index in [4.69, 9.17) is 11.6 Å². The molecule has 0 spiro atoms. The van der Waals surface area contributed by atoms with Crippen LogP contribution in [0.4, 0.5) is 10.1 Å². The van der Waals surface area contributed by atoms with Crippen LogP contribution in [0, 0.1) is 10.7 Å². The van der Waals surface area contributed by atoms with E-state index in [0.29, 0.717) is 10.6 Å². The van der Waals surface area contributed by atoms with E-state index < -0.39 is 0 Å². The molecule has 3 heterocycles. The van der Waals surface area contributed by atoms with Crippen LogP contribution in [-0.2, 0) is 11.3 Å². The molecule has 2 bridgehead atoms. The first-order valence-electron chi connectivity index (χ1n) is 11.6. The highest BCUT2D eigenvalue weighted by Crippen LogP contribution is 2.35. The summed E-state index contributed by atoms with van der Waals surface area (Å²) in [7, 11) is 0. The lowest BCUT2D eigenvalue weighted by Crippen LogP contribution is -2.55. The first kappa shape index (κ1) is 23.3. The third-order valence-electron chi connectivity index (χ3n) is 6.77. The number of fused-ring (bicyclic) bond motifs is 2. The van der Waals surface area contributed by atoms with Gasteiger partial charge in [0.15, 0.2) is 12.4 Å². The van der Waals surface area contributed by atoms with Crippen molar-refractivity contribution < 1.29 is 14.2 Å². The number of pyridine rings is 1. The number of nitrogens with zero attached hydrogens (tertiary/aromatic N) is 3. The van der Waals surface area contributed by atoms with Gasteiger partial charge < -0.3 is 4.90 Å². The van der Waals surface area contributed by atoms with Gasteiger partial charge >= 0.3 is 0 Å². The number of hydrogen-bond acceptors (Lipinski definition) is 4. The normalized spacial score (nSPS) is 19.9. The van der Waals surface area contributed by atoms with E-state index >= 15 is 0 Å². The van der Waals surface area contributed by atoms with Crippen molar-refractivity contribution in [3.63, 3.8) is 0 Å². The number of nitroso groups, excluding NO2 is 1. The number of carbonyl (C=O) groups is 1. The molecule has 6 nitrogen and oxygen atoms in total. The molecule has 3 aromatic rings. The van der Waals surface area contributed by atoms with E-state index in [2.05, 4.69) is 15.1 Å². The van der Waals surface area contributed by atoms with Crippen molar-refractivity contribution in [3.05, 3.63) is 93.9 Å². The molecule has 1 amide bonds. The molecule has 8 heteroatoms. The lowest BCUT2D eigenvalue weighted by Gasteiger charge is -2.40. The fourth-order valence-corrected chi connectivity index (χ4v) is 5.42. The largest absolute Gasteiger partial charge is 0.331 e. The van der Waals surface area contributed by atoms with Gasteiger partial charge in [-0.15, -0.1) is 4.91 Å². The molecule has 0 aliphatic carbocycles. The summed E-state index contributed by atoms with van der Waals surface area (Å²) in [4.78, 5) is 31.9. The number of piperazine rings is 1. The Morgan fingerprint density at radius 3 is 2.54 bits per heavy atom. The number of aromatic amines is 1. The molecule has 178 valence electrons. The zero-order chi connectivity index (χ0) is 24.4. The fourth-order valence-electron chi connectivity index (χ4n) is 5.15. The Morgan fingerprint density at radius 2 is 1.89 bits per heavy atom. The van der Waals surface area contributed by atoms with E-state index in [1.165, 1.54) is 24.3 Å². The lowest BCUT2D eigenvalue weighted by atomic mass is 10.0. The summed E-state index contributed by atoms with van der Waals surface area (Å²) in [6, 6.07) is 13.9. The van der Waals surface area contributed by atoms with Crippen LogP contribution < -0.4 is 4.98 Å². The minimum Gasteiger partial charge on any atom is -0.331 e. The minimum absolute atomic E-state index is 0.0691. The van der Waals surface area contributed by atoms with Crippen LogP contribution in [0.3, 0.4) is 0 Å². The molecule has 2 aliphatic rings. The number of nitrogens with one attached hydrogen (secondary N) is 1. The first-order chi connectivity index (χ1) is 17.0. The van der Waals surface area contributed by atoms with Crippen LogP contribution in [0.15, 0.2) is 72.2 Å². The predicted molar refractivity (Wildman–Crippen MR) is 133 cm³/mol. The smallest absolute Gasteiger partial charge is 0.247 e. The third-order valence-corrected chi connectivity index (χ3v) is 7.08.